The predicted molar refractivity (Wildman–Crippen MR) is 65.6 cm³/mol. The van der Waals surface area contributed by atoms with E-state index in [2.05, 4.69) is 4.98 Å². The van der Waals surface area contributed by atoms with Gasteiger partial charge in [-0.05, 0) is 36.1 Å². The fourth-order valence-electron chi connectivity index (χ4n) is 1.65. The number of alkyl halides is 3. The topological polar surface area (TPSA) is 20.7 Å². The van der Waals surface area contributed by atoms with Crippen molar-refractivity contribution in [1.29, 1.82) is 0 Å². The van der Waals surface area contributed by atoms with Crippen LogP contribution in [0.25, 0.3) is 11.0 Å². The van der Waals surface area contributed by atoms with Crippen LogP contribution in [0, 0.1) is 16.4 Å². The molecule has 19 heavy (non-hydrogen) atoms. The largest absolute Gasteiger partial charge is 0.441 e. The molecule has 0 aliphatic heterocycles. The second-order valence-electron chi connectivity index (χ2n) is 3.63. The number of aromatic nitrogens is 2. The van der Waals surface area contributed by atoms with Crippen molar-refractivity contribution in [3.05, 3.63) is 28.5 Å². The molecule has 0 amide bonds. The summed E-state index contributed by atoms with van der Waals surface area (Å²) in [6.45, 7) is -0.163. The van der Waals surface area contributed by atoms with Crippen LogP contribution >= 0.6 is 24.0 Å². The number of fused-ring (bicyclic) bond motifs is 1. The molecule has 9 heteroatoms. The number of nitrogens with one attached hydrogen (secondary N) is 1. The average molecular weight is 314 g/mol. The van der Waals surface area contributed by atoms with Gasteiger partial charge in [-0.3, -0.25) is 0 Å². The Bertz CT molecular complexity index is 658. The van der Waals surface area contributed by atoms with Crippen molar-refractivity contribution in [2.45, 2.75) is 12.1 Å². The molecule has 1 aromatic heterocycles. The Morgan fingerprint density at radius 2 is 1.95 bits per heavy atom. The highest BCUT2D eigenvalue weighted by molar-refractivity contribution is 8.00. The molecule has 0 unspecified atom stereocenters. The molecule has 0 saturated heterocycles. The van der Waals surface area contributed by atoms with Crippen LogP contribution < -0.4 is 0 Å². The summed E-state index contributed by atoms with van der Waals surface area (Å²) < 4.78 is 64.0. The number of nitrogens with zero attached hydrogens (tertiary/aromatic N) is 1. The minimum absolute atomic E-state index is 0.0577. The van der Waals surface area contributed by atoms with Gasteiger partial charge in [-0.15, -0.1) is 0 Å². The number of hydrogen-bond acceptors (Lipinski definition) is 2. The lowest BCUT2D eigenvalue weighted by Crippen LogP contribution is -2.07. The predicted octanol–water partition coefficient (Wildman–Crippen LogP) is 4.23. The number of benzene rings is 1. The summed E-state index contributed by atoms with van der Waals surface area (Å²) in [6.07, 6.45) is 0. The first kappa shape index (κ1) is 14.3. The molecule has 1 heterocycles. The van der Waals surface area contributed by atoms with Crippen LogP contribution in [-0.2, 0) is 6.54 Å². The van der Waals surface area contributed by atoms with E-state index < -0.39 is 17.1 Å². The summed E-state index contributed by atoms with van der Waals surface area (Å²) in [4.78, 5) is 2.62. The van der Waals surface area contributed by atoms with Gasteiger partial charge >= 0.3 is 5.51 Å². The maximum Gasteiger partial charge on any atom is 0.441 e. The van der Waals surface area contributed by atoms with Gasteiger partial charge in [-0.1, -0.05) is 0 Å². The lowest BCUT2D eigenvalue weighted by Gasteiger charge is -2.07. The first-order valence-corrected chi connectivity index (χ1v) is 6.46. The van der Waals surface area contributed by atoms with Gasteiger partial charge in [0.2, 0.25) is 0 Å². The third kappa shape index (κ3) is 3.08. The van der Waals surface area contributed by atoms with Crippen molar-refractivity contribution >= 4 is 35.0 Å². The highest BCUT2D eigenvalue weighted by Crippen LogP contribution is 2.30. The molecule has 0 fully saturated rings. The number of H-pyrrole nitrogens is 1. The van der Waals surface area contributed by atoms with Gasteiger partial charge in [-0.2, -0.15) is 13.2 Å². The third-order valence-electron chi connectivity index (χ3n) is 2.41. The molecule has 1 aromatic carbocycles. The van der Waals surface area contributed by atoms with E-state index in [1.807, 2.05) is 0 Å². The Labute approximate surface area is 113 Å². The highest BCUT2D eigenvalue weighted by atomic mass is 32.2. The van der Waals surface area contributed by atoms with Crippen LogP contribution in [0.5, 0.6) is 0 Å². The third-order valence-corrected chi connectivity index (χ3v) is 3.44. The minimum atomic E-state index is -4.36. The van der Waals surface area contributed by atoms with Crippen molar-refractivity contribution in [1.82, 2.24) is 9.55 Å². The summed E-state index contributed by atoms with van der Waals surface area (Å²) >= 11 is 4.65. The zero-order chi connectivity index (χ0) is 14.2. The molecule has 2 aromatic rings. The van der Waals surface area contributed by atoms with Crippen molar-refractivity contribution in [2.24, 2.45) is 0 Å². The SMILES string of the molecule is Fc1ccc2[nH]c(=S)n(CCSC(F)(F)F)c2c1F. The number of aryl methyl sites for hydroxylation is 1. The molecule has 2 rings (SSSR count). The van der Waals surface area contributed by atoms with Crippen LogP contribution in [0.3, 0.4) is 0 Å². The summed E-state index contributed by atoms with van der Waals surface area (Å²) in [6, 6.07) is 2.22. The summed E-state index contributed by atoms with van der Waals surface area (Å²) in [7, 11) is 0. The van der Waals surface area contributed by atoms with E-state index in [-0.39, 0.29) is 39.9 Å². The van der Waals surface area contributed by atoms with Crippen LogP contribution in [0.15, 0.2) is 12.1 Å². The maximum absolute atomic E-state index is 13.6. The lowest BCUT2D eigenvalue weighted by molar-refractivity contribution is -0.0328. The van der Waals surface area contributed by atoms with E-state index in [9.17, 15) is 22.0 Å². The van der Waals surface area contributed by atoms with E-state index in [1.165, 1.54) is 6.07 Å². The Balaban J connectivity index is 2.35. The van der Waals surface area contributed by atoms with Crippen LogP contribution in [0.4, 0.5) is 22.0 Å². The van der Waals surface area contributed by atoms with Gasteiger partial charge in [0.1, 0.15) is 5.52 Å². The number of aromatic amines is 1. The monoisotopic (exact) mass is 314 g/mol. The molecule has 0 aliphatic rings. The normalized spacial score (nSPS) is 12.3. The first-order valence-electron chi connectivity index (χ1n) is 5.07. The highest BCUT2D eigenvalue weighted by Gasteiger charge is 2.27. The van der Waals surface area contributed by atoms with Crippen molar-refractivity contribution in [3.63, 3.8) is 0 Å². The molecule has 104 valence electrons. The number of thioether (sulfide) groups is 1. The van der Waals surface area contributed by atoms with Gasteiger partial charge in [0, 0.05) is 12.3 Å². The fraction of sp³-hybridized carbons (Fsp3) is 0.300. The second-order valence-corrected chi connectivity index (χ2v) is 5.18. The summed E-state index contributed by atoms with van der Waals surface area (Å²) in [5.41, 5.74) is -4.26. The molecule has 0 atom stereocenters. The lowest BCUT2D eigenvalue weighted by atomic mass is 10.3. The van der Waals surface area contributed by atoms with Crippen molar-refractivity contribution < 1.29 is 22.0 Å². The van der Waals surface area contributed by atoms with Crippen molar-refractivity contribution in [2.75, 3.05) is 5.75 Å². The van der Waals surface area contributed by atoms with E-state index in [1.54, 1.807) is 0 Å². The van der Waals surface area contributed by atoms with Gasteiger partial charge in [-0.25, -0.2) is 8.78 Å². The summed E-state index contributed by atoms with van der Waals surface area (Å²) in [5, 5.41) is 0. The molecule has 1 N–H and O–H groups in total. The minimum Gasteiger partial charge on any atom is -0.330 e. The van der Waals surface area contributed by atoms with Gasteiger partial charge in [0.25, 0.3) is 0 Å². The van der Waals surface area contributed by atoms with Crippen LogP contribution in [0.2, 0.25) is 0 Å². The van der Waals surface area contributed by atoms with Crippen LogP contribution in [-0.4, -0.2) is 20.8 Å². The maximum atomic E-state index is 13.6. The summed E-state index contributed by atoms with van der Waals surface area (Å²) in [5.74, 6) is -2.53. The Morgan fingerprint density at radius 3 is 2.58 bits per heavy atom. The number of halogens is 5. The molecule has 0 bridgehead atoms. The Morgan fingerprint density at radius 1 is 1.26 bits per heavy atom. The molecule has 0 aliphatic carbocycles. The zero-order valence-corrected chi connectivity index (χ0v) is 10.9. The first-order chi connectivity index (χ1) is 8.79. The zero-order valence-electron chi connectivity index (χ0n) is 9.22. The van der Waals surface area contributed by atoms with E-state index in [0.29, 0.717) is 0 Å². The Hall–Kier alpha value is -1.09. The fourth-order valence-corrected chi connectivity index (χ4v) is 2.45. The smallest absolute Gasteiger partial charge is 0.330 e. The molecule has 0 spiro atoms. The average Bonchev–Trinajstić information content (AvgIpc) is 2.60. The van der Waals surface area contributed by atoms with Crippen molar-refractivity contribution in [3.8, 4) is 0 Å². The van der Waals surface area contributed by atoms with Gasteiger partial charge in [0.15, 0.2) is 16.4 Å². The second kappa shape index (κ2) is 5.12. The van der Waals surface area contributed by atoms with E-state index in [0.717, 1.165) is 10.6 Å². The molecule has 2 nitrogen and oxygen atoms in total. The Kier molecular flexibility index (Phi) is 3.86. The standard InChI is InChI=1S/C10H7F5N2S2/c11-5-1-2-6-8(7(5)12)17(9(18)16-6)3-4-19-10(13,14)15/h1-2H,3-4H2,(H,16,18). The number of imidazole rings is 1. The van der Waals surface area contributed by atoms with Gasteiger partial charge < -0.3 is 9.55 Å². The number of rotatable bonds is 3. The molecule has 0 radical (unpaired) electrons. The molecular formula is C10H7F5N2S2. The van der Waals surface area contributed by atoms with Crippen LogP contribution in [0.1, 0.15) is 0 Å². The number of hydrogen-bond donors (Lipinski definition) is 1. The van der Waals surface area contributed by atoms with Gasteiger partial charge in [0.05, 0.1) is 5.52 Å². The molecular weight excluding hydrogens is 307 g/mol. The molecule has 0 saturated carbocycles. The van der Waals surface area contributed by atoms with E-state index >= 15 is 0 Å². The van der Waals surface area contributed by atoms with E-state index in [4.69, 9.17) is 12.2 Å². The quantitative estimate of drug-likeness (QED) is 0.676.